The zero-order valence-corrected chi connectivity index (χ0v) is 11.1. The molecule has 0 aliphatic carbocycles. The zero-order chi connectivity index (χ0) is 13.1. The summed E-state index contributed by atoms with van der Waals surface area (Å²) in [5.41, 5.74) is 8.47. The average molecular weight is 263 g/mol. The minimum absolute atomic E-state index is 0.175. The Morgan fingerprint density at radius 2 is 2.00 bits per heavy atom. The Kier molecular flexibility index (Phi) is 3.67. The van der Waals surface area contributed by atoms with Gasteiger partial charge in [0.15, 0.2) is 5.82 Å². The van der Waals surface area contributed by atoms with E-state index in [4.69, 9.17) is 17.3 Å². The van der Waals surface area contributed by atoms with E-state index in [9.17, 15) is 0 Å². The lowest BCUT2D eigenvalue weighted by Crippen LogP contribution is -2.03. The van der Waals surface area contributed by atoms with Crippen LogP contribution in [-0.4, -0.2) is 9.97 Å². The summed E-state index contributed by atoms with van der Waals surface area (Å²) in [5, 5.41) is 3.38. The van der Waals surface area contributed by atoms with Gasteiger partial charge in [0.05, 0.1) is 11.9 Å². The Hall–Kier alpha value is -1.81. The van der Waals surface area contributed by atoms with Crippen LogP contribution >= 0.6 is 11.6 Å². The minimum Gasteiger partial charge on any atom is -0.394 e. The average Bonchev–Trinajstić information content (AvgIpc) is 2.34. The predicted octanol–water partition coefficient (Wildman–Crippen LogP) is 3.58. The largest absolute Gasteiger partial charge is 0.394 e. The second-order valence-corrected chi connectivity index (χ2v) is 4.65. The maximum atomic E-state index is 5.82. The number of aromatic nitrogens is 2. The van der Waals surface area contributed by atoms with Crippen LogP contribution in [0, 0.1) is 0 Å². The predicted molar refractivity (Wildman–Crippen MR) is 75.3 cm³/mol. The quantitative estimate of drug-likeness (QED) is 0.830. The number of hydrogen-bond acceptors (Lipinski definition) is 4. The van der Waals surface area contributed by atoms with Crippen LogP contribution in [0.4, 0.5) is 17.2 Å². The Labute approximate surface area is 111 Å². The van der Waals surface area contributed by atoms with Crippen molar-refractivity contribution in [3.05, 3.63) is 41.3 Å². The molecular weight excluding hydrogens is 248 g/mol. The summed E-state index contributed by atoms with van der Waals surface area (Å²) in [7, 11) is 0. The number of hydrogen-bond donors (Lipinski definition) is 2. The van der Waals surface area contributed by atoms with Gasteiger partial charge < -0.3 is 11.1 Å². The highest BCUT2D eigenvalue weighted by Gasteiger charge is 2.09. The fourth-order valence-electron chi connectivity index (χ4n) is 1.71. The molecule has 0 saturated heterocycles. The summed E-state index contributed by atoms with van der Waals surface area (Å²) in [4.78, 5) is 7.91. The number of anilines is 3. The molecule has 0 spiro atoms. The van der Waals surface area contributed by atoms with Crippen LogP contribution < -0.4 is 11.1 Å². The fourth-order valence-corrected chi connectivity index (χ4v) is 1.84. The van der Waals surface area contributed by atoms with Gasteiger partial charge in [0.1, 0.15) is 0 Å². The first-order valence-electron chi connectivity index (χ1n) is 5.72. The Morgan fingerprint density at radius 1 is 1.28 bits per heavy atom. The molecule has 0 atom stereocenters. The van der Waals surface area contributed by atoms with Gasteiger partial charge in [-0.15, -0.1) is 0 Å². The maximum absolute atomic E-state index is 5.82. The van der Waals surface area contributed by atoms with Crippen molar-refractivity contribution in [2.75, 3.05) is 11.1 Å². The number of benzene rings is 1. The first-order chi connectivity index (χ1) is 8.58. The number of para-hydroxylation sites is 1. The number of nitrogens with zero attached hydrogens (tertiary/aromatic N) is 2. The maximum Gasteiger partial charge on any atom is 0.224 e. The van der Waals surface area contributed by atoms with Crippen molar-refractivity contribution in [2.45, 2.75) is 19.8 Å². The molecule has 18 heavy (non-hydrogen) atoms. The molecule has 2 rings (SSSR count). The number of rotatable bonds is 3. The molecule has 1 aromatic heterocycles. The van der Waals surface area contributed by atoms with Crippen LogP contribution in [0.3, 0.4) is 0 Å². The van der Waals surface area contributed by atoms with E-state index < -0.39 is 0 Å². The van der Waals surface area contributed by atoms with E-state index in [1.165, 1.54) is 11.8 Å². The molecule has 0 aliphatic heterocycles. The van der Waals surface area contributed by atoms with Crippen molar-refractivity contribution >= 4 is 28.8 Å². The van der Waals surface area contributed by atoms with Gasteiger partial charge in [0.25, 0.3) is 0 Å². The third-order valence-electron chi connectivity index (χ3n) is 2.62. The van der Waals surface area contributed by atoms with Crippen molar-refractivity contribution in [3.8, 4) is 0 Å². The molecule has 0 aliphatic rings. The highest BCUT2D eigenvalue weighted by molar-refractivity contribution is 6.28. The van der Waals surface area contributed by atoms with Crippen LogP contribution in [0.5, 0.6) is 0 Å². The number of nitrogens with two attached hydrogens (primary N) is 1. The number of nitrogens with one attached hydrogen (secondary N) is 1. The van der Waals surface area contributed by atoms with Crippen LogP contribution in [0.2, 0.25) is 5.28 Å². The van der Waals surface area contributed by atoms with Crippen LogP contribution in [0.1, 0.15) is 25.3 Å². The molecule has 0 fully saturated rings. The molecule has 1 heterocycles. The summed E-state index contributed by atoms with van der Waals surface area (Å²) >= 11 is 5.77. The standard InChI is InChI=1S/C13H15ClN4/c1-8(2)9-5-3-4-6-11(9)17-12-10(15)7-16-13(14)18-12/h3-8H,15H2,1-2H3,(H,16,17,18). The van der Waals surface area contributed by atoms with Crippen molar-refractivity contribution in [1.29, 1.82) is 0 Å². The Balaban J connectivity index is 2.37. The lowest BCUT2D eigenvalue weighted by Gasteiger charge is -2.14. The number of halogens is 1. The van der Waals surface area contributed by atoms with E-state index in [1.54, 1.807) is 0 Å². The molecule has 5 heteroatoms. The monoisotopic (exact) mass is 262 g/mol. The van der Waals surface area contributed by atoms with Crippen LogP contribution in [-0.2, 0) is 0 Å². The van der Waals surface area contributed by atoms with Gasteiger partial charge in [-0.1, -0.05) is 32.0 Å². The van der Waals surface area contributed by atoms with E-state index in [1.807, 2.05) is 18.2 Å². The molecule has 0 saturated carbocycles. The minimum atomic E-state index is 0.175. The summed E-state index contributed by atoms with van der Waals surface area (Å²) in [6.45, 7) is 4.27. The molecule has 0 radical (unpaired) electrons. The van der Waals surface area contributed by atoms with Crippen molar-refractivity contribution in [3.63, 3.8) is 0 Å². The lowest BCUT2D eigenvalue weighted by atomic mass is 10.0. The van der Waals surface area contributed by atoms with Gasteiger partial charge >= 0.3 is 0 Å². The van der Waals surface area contributed by atoms with E-state index in [-0.39, 0.29) is 5.28 Å². The molecule has 3 N–H and O–H groups in total. The van der Waals surface area contributed by atoms with Crippen LogP contribution in [0.15, 0.2) is 30.5 Å². The smallest absolute Gasteiger partial charge is 0.224 e. The summed E-state index contributed by atoms with van der Waals surface area (Å²) in [6, 6.07) is 8.04. The van der Waals surface area contributed by atoms with E-state index in [2.05, 4.69) is 35.2 Å². The lowest BCUT2D eigenvalue weighted by molar-refractivity contribution is 0.869. The number of nitrogen functional groups attached to an aromatic ring is 1. The SMILES string of the molecule is CC(C)c1ccccc1Nc1nc(Cl)ncc1N. The molecule has 4 nitrogen and oxygen atoms in total. The van der Waals surface area contributed by atoms with Gasteiger partial charge in [-0.25, -0.2) is 4.98 Å². The van der Waals surface area contributed by atoms with E-state index >= 15 is 0 Å². The molecular formula is C13H15ClN4. The first-order valence-corrected chi connectivity index (χ1v) is 6.09. The van der Waals surface area contributed by atoms with Crippen LogP contribution in [0.25, 0.3) is 0 Å². The topological polar surface area (TPSA) is 63.8 Å². The van der Waals surface area contributed by atoms with Gasteiger partial charge in [0.2, 0.25) is 5.28 Å². The molecule has 2 aromatic rings. The fraction of sp³-hybridized carbons (Fsp3) is 0.231. The normalized spacial score (nSPS) is 10.7. The van der Waals surface area contributed by atoms with Gasteiger partial charge in [0, 0.05) is 5.69 Å². The third-order valence-corrected chi connectivity index (χ3v) is 2.81. The van der Waals surface area contributed by atoms with E-state index in [0.29, 0.717) is 17.4 Å². The molecule has 94 valence electrons. The van der Waals surface area contributed by atoms with Crippen molar-refractivity contribution < 1.29 is 0 Å². The van der Waals surface area contributed by atoms with Crippen molar-refractivity contribution in [2.24, 2.45) is 0 Å². The Morgan fingerprint density at radius 3 is 2.72 bits per heavy atom. The van der Waals surface area contributed by atoms with Crippen molar-refractivity contribution in [1.82, 2.24) is 9.97 Å². The molecule has 0 bridgehead atoms. The summed E-state index contributed by atoms with van der Waals surface area (Å²) < 4.78 is 0. The highest BCUT2D eigenvalue weighted by atomic mass is 35.5. The molecule has 0 amide bonds. The second kappa shape index (κ2) is 5.23. The summed E-state index contributed by atoms with van der Waals surface area (Å²) in [5.74, 6) is 0.940. The second-order valence-electron chi connectivity index (χ2n) is 4.31. The Bertz CT molecular complexity index is 554. The van der Waals surface area contributed by atoms with Gasteiger partial charge in [-0.2, -0.15) is 4.98 Å². The summed E-state index contributed by atoms with van der Waals surface area (Å²) in [6.07, 6.45) is 1.50. The van der Waals surface area contributed by atoms with E-state index in [0.717, 1.165) is 5.69 Å². The molecule has 0 unspecified atom stereocenters. The molecule has 1 aromatic carbocycles. The highest BCUT2D eigenvalue weighted by Crippen LogP contribution is 2.28. The first kappa shape index (κ1) is 12.6. The zero-order valence-electron chi connectivity index (χ0n) is 10.3. The van der Waals surface area contributed by atoms with Gasteiger partial charge in [-0.3, -0.25) is 0 Å². The third kappa shape index (κ3) is 2.71. The van der Waals surface area contributed by atoms with Gasteiger partial charge in [-0.05, 0) is 29.1 Å².